The van der Waals surface area contributed by atoms with Gasteiger partial charge in [-0.15, -0.1) is 0 Å². The smallest absolute Gasteiger partial charge is 0.150 e. The van der Waals surface area contributed by atoms with Gasteiger partial charge in [-0.1, -0.05) is 0 Å². The van der Waals surface area contributed by atoms with Crippen LogP contribution in [0, 0.1) is 5.92 Å². The van der Waals surface area contributed by atoms with Gasteiger partial charge in [0.05, 0.1) is 17.9 Å². The molecule has 0 aromatic carbocycles. The molecule has 0 amide bonds. The second-order valence-electron chi connectivity index (χ2n) is 7.81. The van der Waals surface area contributed by atoms with E-state index in [-0.39, 0.29) is 6.23 Å². The van der Waals surface area contributed by atoms with Crippen molar-refractivity contribution in [3.63, 3.8) is 0 Å². The highest BCUT2D eigenvalue weighted by atomic mass is 79.9. The van der Waals surface area contributed by atoms with E-state index < -0.39 is 0 Å². The van der Waals surface area contributed by atoms with Gasteiger partial charge in [-0.2, -0.15) is 5.10 Å². The molecule has 148 valence electrons. The number of aromatic nitrogens is 4. The summed E-state index contributed by atoms with van der Waals surface area (Å²) in [4.78, 5) is 4.48. The molecule has 2 aliphatic heterocycles. The van der Waals surface area contributed by atoms with E-state index in [9.17, 15) is 0 Å². The van der Waals surface area contributed by atoms with Crippen LogP contribution >= 0.6 is 15.9 Å². The predicted octanol–water partition coefficient (Wildman–Crippen LogP) is 4.79. The van der Waals surface area contributed by atoms with E-state index in [1.807, 2.05) is 17.1 Å². The standard InChI is InChI=1S/C21H25BrN4O2/c22-20-9-17-18(16-10-24-26(13-16)21-3-1-2-6-28-21)14-25(19(17)11-23-20)12-15-4-7-27-8-5-15/h9-11,13-15,21H,1-8,12H2. The van der Waals surface area contributed by atoms with Gasteiger partial charge in [-0.3, -0.25) is 0 Å². The van der Waals surface area contributed by atoms with Gasteiger partial charge in [0.2, 0.25) is 0 Å². The highest BCUT2D eigenvalue weighted by molar-refractivity contribution is 9.10. The number of pyridine rings is 1. The van der Waals surface area contributed by atoms with Crippen LogP contribution in [0.4, 0.5) is 0 Å². The van der Waals surface area contributed by atoms with Gasteiger partial charge in [0.25, 0.3) is 0 Å². The molecule has 1 unspecified atom stereocenters. The Morgan fingerprint density at radius 1 is 1.07 bits per heavy atom. The zero-order valence-corrected chi connectivity index (χ0v) is 17.5. The number of hydrogen-bond donors (Lipinski definition) is 0. The summed E-state index contributed by atoms with van der Waals surface area (Å²) in [6.07, 6.45) is 14.0. The van der Waals surface area contributed by atoms with Crippen LogP contribution in [-0.2, 0) is 16.0 Å². The topological polar surface area (TPSA) is 54.1 Å². The summed E-state index contributed by atoms with van der Waals surface area (Å²) in [5, 5.41) is 5.82. The Morgan fingerprint density at radius 2 is 1.96 bits per heavy atom. The molecule has 2 aliphatic rings. The predicted molar refractivity (Wildman–Crippen MR) is 111 cm³/mol. The lowest BCUT2D eigenvalue weighted by molar-refractivity contribution is -0.0394. The summed E-state index contributed by atoms with van der Waals surface area (Å²) in [6.45, 7) is 3.56. The summed E-state index contributed by atoms with van der Waals surface area (Å²) >= 11 is 3.54. The fourth-order valence-electron chi connectivity index (χ4n) is 4.32. The molecule has 7 heteroatoms. The molecule has 0 aliphatic carbocycles. The fourth-order valence-corrected chi connectivity index (χ4v) is 4.65. The van der Waals surface area contributed by atoms with Crippen molar-refractivity contribution in [2.45, 2.75) is 44.9 Å². The highest BCUT2D eigenvalue weighted by Gasteiger charge is 2.20. The van der Waals surface area contributed by atoms with E-state index in [0.717, 1.165) is 62.2 Å². The lowest BCUT2D eigenvalue weighted by atomic mass is 10.0. The van der Waals surface area contributed by atoms with E-state index in [1.165, 1.54) is 22.9 Å². The van der Waals surface area contributed by atoms with Crippen LogP contribution in [0.1, 0.15) is 38.3 Å². The molecule has 3 aromatic heterocycles. The Bertz CT molecular complexity index is 955. The molecule has 0 saturated carbocycles. The normalized spacial score (nSPS) is 21.4. The van der Waals surface area contributed by atoms with Gasteiger partial charge >= 0.3 is 0 Å². The van der Waals surface area contributed by atoms with Crippen LogP contribution in [-0.4, -0.2) is 39.2 Å². The SMILES string of the molecule is Brc1cc2c(-c3cnn(C4CCCCO4)c3)cn(CC3CCOCC3)c2cn1. The average Bonchev–Trinajstić information content (AvgIpc) is 3.35. The van der Waals surface area contributed by atoms with Crippen LogP contribution in [0.25, 0.3) is 22.0 Å². The molecule has 2 fully saturated rings. The van der Waals surface area contributed by atoms with Crippen LogP contribution in [0.2, 0.25) is 0 Å². The molecule has 0 spiro atoms. The van der Waals surface area contributed by atoms with Crippen molar-refractivity contribution in [3.05, 3.63) is 35.5 Å². The van der Waals surface area contributed by atoms with Crippen molar-refractivity contribution in [3.8, 4) is 11.1 Å². The van der Waals surface area contributed by atoms with E-state index in [1.54, 1.807) is 0 Å². The number of nitrogens with zero attached hydrogens (tertiary/aromatic N) is 4. The summed E-state index contributed by atoms with van der Waals surface area (Å²) in [7, 11) is 0. The first-order valence-electron chi connectivity index (χ1n) is 10.2. The second-order valence-corrected chi connectivity index (χ2v) is 8.62. The summed E-state index contributed by atoms with van der Waals surface area (Å²) in [5.74, 6) is 0.652. The first-order valence-corrected chi connectivity index (χ1v) is 11.0. The molecular weight excluding hydrogens is 420 g/mol. The number of ether oxygens (including phenoxy) is 2. The molecule has 0 N–H and O–H groups in total. The molecular formula is C21H25BrN4O2. The van der Waals surface area contributed by atoms with E-state index in [2.05, 4.69) is 49.0 Å². The van der Waals surface area contributed by atoms with E-state index in [0.29, 0.717) is 5.92 Å². The van der Waals surface area contributed by atoms with Crippen LogP contribution in [0.5, 0.6) is 0 Å². The Balaban J connectivity index is 1.50. The molecule has 28 heavy (non-hydrogen) atoms. The quantitative estimate of drug-likeness (QED) is 0.542. The molecule has 1 atom stereocenters. The Labute approximate surface area is 173 Å². The van der Waals surface area contributed by atoms with Crippen LogP contribution in [0.3, 0.4) is 0 Å². The maximum absolute atomic E-state index is 5.89. The minimum Gasteiger partial charge on any atom is -0.381 e. The number of fused-ring (bicyclic) bond motifs is 1. The third kappa shape index (κ3) is 3.63. The molecule has 3 aromatic rings. The van der Waals surface area contributed by atoms with Crippen molar-refractivity contribution < 1.29 is 9.47 Å². The van der Waals surface area contributed by atoms with Crippen LogP contribution < -0.4 is 0 Å². The molecule has 0 bridgehead atoms. The largest absolute Gasteiger partial charge is 0.381 e. The zero-order valence-electron chi connectivity index (χ0n) is 15.9. The van der Waals surface area contributed by atoms with E-state index >= 15 is 0 Å². The summed E-state index contributed by atoms with van der Waals surface area (Å²) in [5.41, 5.74) is 3.50. The van der Waals surface area contributed by atoms with Gasteiger partial charge < -0.3 is 14.0 Å². The summed E-state index contributed by atoms with van der Waals surface area (Å²) < 4.78 is 16.6. The van der Waals surface area contributed by atoms with Gasteiger partial charge in [-0.05, 0) is 60.0 Å². The van der Waals surface area contributed by atoms with Crippen molar-refractivity contribution >= 4 is 26.8 Å². The molecule has 5 rings (SSSR count). The lowest BCUT2D eigenvalue weighted by Crippen LogP contribution is -2.20. The number of rotatable bonds is 4. The highest BCUT2D eigenvalue weighted by Crippen LogP contribution is 2.34. The Hall–Kier alpha value is -1.70. The maximum Gasteiger partial charge on any atom is 0.150 e. The van der Waals surface area contributed by atoms with Crippen molar-refractivity contribution in [2.24, 2.45) is 5.92 Å². The molecule has 6 nitrogen and oxygen atoms in total. The van der Waals surface area contributed by atoms with Gasteiger partial charge in [0.1, 0.15) is 10.8 Å². The van der Waals surface area contributed by atoms with Gasteiger partial charge in [0, 0.05) is 55.3 Å². The zero-order chi connectivity index (χ0) is 18.9. The van der Waals surface area contributed by atoms with Gasteiger partial charge in [-0.25, -0.2) is 9.67 Å². The Kier molecular flexibility index (Phi) is 5.22. The molecule has 5 heterocycles. The second kappa shape index (κ2) is 7.97. The Morgan fingerprint density at radius 3 is 2.79 bits per heavy atom. The third-order valence-electron chi connectivity index (χ3n) is 5.89. The van der Waals surface area contributed by atoms with Crippen molar-refractivity contribution in [1.82, 2.24) is 19.3 Å². The number of hydrogen-bond acceptors (Lipinski definition) is 4. The van der Waals surface area contributed by atoms with Crippen molar-refractivity contribution in [2.75, 3.05) is 19.8 Å². The lowest BCUT2D eigenvalue weighted by Gasteiger charge is -2.22. The van der Waals surface area contributed by atoms with Crippen LogP contribution in [0.15, 0.2) is 35.5 Å². The van der Waals surface area contributed by atoms with E-state index in [4.69, 9.17) is 9.47 Å². The van der Waals surface area contributed by atoms with Crippen molar-refractivity contribution in [1.29, 1.82) is 0 Å². The molecule has 2 saturated heterocycles. The minimum atomic E-state index is 0.0616. The maximum atomic E-state index is 5.89. The summed E-state index contributed by atoms with van der Waals surface area (Å²) in [6, 6.07) is 2.11. The monoisotopic (exact) mass is 444 g/mol. The molecule has 0 radical (unpaired) electrons. The third-order valence-corrected chi connectivity index (χ3v) is 6.33. The number of halogens is 1. The average molecular weight is 445 g/mol. The fraction of sp³-hybridized carbons (Fsp3) is 0.524. The van der Waals surface area contributed by atoms with Gasteiger partial charge in [0.15, 0.2) is 0 Å². The first-order chi connectivity index (χ1) is 13.8. The minimum absolute atomic E-state index is 0.0616. The first kappa shape index (κ1) is 18.3.